The predicted octanol–water partition coefficient (Wildman–Crippen LogP) is 3.92. The van der Waals surface area contributed by atoms with Crippen molar-refractivity contribution in [1.82, 2.24) is 0 Å². The fourth-order valence-electron chi connectivity index (χ4n) is 2.86. The maximum absolute atomic E-state index is 6.00. The van der Waals surface area contributed by atoms with E-state index in [0.29, 0.717) is 4.99 Å². The summed E-state index contributed by atoms with van der Waals surface area (Å²) < 4.78 is 0. The molecule has 4 heteroatoms. The lowest BCUT2D eigenvalue weighted by Crippen LogP contribution is -2.25. The molecule has 0 saturated carbocycles. The van der Waals surface area contributed by atoms with Crippen molar-refractivity contribution in [3.63, 3.8) is 0 Å². The molecule has 1 aromatic carbocycles. The van der Waals surface area contributed by atoms with E-state index >= 15 is 0 Å². The Morgan fingerprint density at radius 2 is 2.25 bits per heavy atom. The number of hydrogen-bond donors (Lipinski definition) is 1. The molecule has 0 radical (unpaired) electrons. The van der Waals surface area contributed by atoms with Crippen molar-refractivity contribution in [3.05, 3.63) is 23.8 Å². The third-order valence-electron chi connectivity index (χ3n) is 4.06. The fraction of sp³-hybridized carbons (Fsp3) is 0.562. The van der Waals surface area contributed by atoms with Gasteiger partial charge in [0.05, 0.1) is 0 Å². The summed E-state index contributed by atoms with van der Waals surface area (Å²) in [6.45, 7) is 9.01. The van der Waals surface area contributed by atoms with Gasteiger partial charge in [-0.3, -0.25) is 0 Å². The topological polar surface area (TPSA) is 29.3 Å². The summed E-state index contributed by atoms with van der Waals surface area (Å²) in [5.41, 5.74) is 8.29. The number of rotatable bonds is 5. The third-order valence-corrected chi connectivity index (χ3v) is 5.20. The molecule has 1 atom stereocenters. The summed E-state index contributed by atoms with van der Waals surface area (Å²) in [4.78, 5) is 4.19. The van der Waals surface area contributed by atoms with Gasteiger partial charge in [-0.25, -0.2) is 0 Å². The van der Waals surface area contributed by atoms with Crippen molar-refractivity contribution in [2.45, 2.75) is 32.1 Å². The SMILES string of the molecule is CCSc1cccc(N2CCC(C(C)C)C2)c1C(N)=S. The molecule has 0 spiro atoms. The van der Waals surface area contributed by atoms with Crippen molar-refractivity contribution in [2.75, 3.05) is 23.7 Å². The molecule has 1 unspecified atom stereocenters. The number of benzene rings is 1. The Balaban J connectivity index is 2.32. The highest BCUT2D eigenvalue weighted by molar-refractivity contribution is 7.99. The van der Waals surface area contributed by atoms with Gasteiger partial charge in [0.2, 0.25) is 0 Å². The van der Waals surface area contributed by atoms with Crippen molar-refractivity contribution in [3.8, 4) is 0 Å². The molecule has 0 aliphatic carbocycles. The van der Waals surface area contributed by atoms with Crippen molar-refractivity contribution < 1.29 is 0 Å². The van der Waals surface area contributed by atoms with Crippen LogP contribution in [0.3, 0.4) is 0 Å². The van der Waals surface area contributed by atoms with Crippen molar-refractivity contribution in [2.24, 2.45) is 17.6 Å². The summed E-state index contributed by atoms with van der Waals surface area (Å²) in [6.07, 6.45) is 1.26. The fourth-order valence-corrected chi connectivity index (χ4v) is 3.98. The van der Waals surface area contributed by atoms with Gasteiger partial charge in [-0.15, -0.1) is 11.8 Å². The van der Waals surface area contributed by atoms with Crippen LogP contribution in [-0.2, 0) is 0 Å². The van der Waals surface area contributed by atoms with E-state index < -0.39 is 0 Å². The van der Waals surface area contributed by atoms with Gasteiger partial charge in [-0.1, -0.05) is 39.1 Å². The molecule has 2 nitrogen and oxygen atoms in total. The van der Waals surface area contributed by atoms with Gasteiger partial charge in [0.25, 0.3) is 0 Å². The molecule has 0 bridgehead atoms. The summed E-state index contributed by atoms with van der Waals surface area (Å²) in [7, 11) is 0. The predicted molar refractivity (Wildman–Crippen MR) is 93.9 cm³/mol. The zero-order chi connectivity index (χ0) is 14.7. The first kappa shape index (κ1) is 15.6. The van der Waals surface area contributed by atoms with Crippen LogP contribution < -0.4 is 10.6 Å². The number of anilines is 1. The van der Waals surface area contributed by atoms with E-state index in [-0.39, 0.29) is 0 Å². The molecule has 0 aromatic heterocycles. The van der Waals surface area contributed by atoms with Crippen LogP contribution in [0.25, 0.3) is 0 Å². The molecule has 2 N–H and O–H groups in total. The first-order chi connectivity index (χ1) is 9.54. The van der Waals surface area contributed by atoms with Gasteiger partial charge in [-0.05, 0) is 36.1 Å². The molecule has 2 rings (SSSR count). The van der Waals surface area contributed by atoms with Crippen LogP contribution >= 0.6 is 24.0 Å². The van der Waals surface area contributed by atoms with Crippen LogP contribution in [0.1, 0.15) is 32.8 Å². The Hall–Kier alpha value is -0.740. The van der Waals surface area contributed by atoms with Gasteiger partial charge in [0.1, 0.15) is 4.99 Å². The van der Waals surface area contributed by atoms with Crippen molar-refractivity contribution in [1.29, 1.82) is 0 Å². The quantitative estimate of drug-likeness (QED) is 0.659. The zero-order valence-electron chi connectivity index (χ0n) is 12.6. The standard InChI is InChI=1S/C16H24N2S2/c1-4-20-14-7-5-6-13(15(14)16(17)19)18-9-8-12(10-18)11(2)3/h5-7,11-12H,4,8-10H2,1-3H3,(H2,17,19). The summed E-state index contributed by atoms with van der Waals surface area (Å²) in [5.74, 6) is 2.55. The number of nitrogens with zero attached hydrogens (tertiary/aromatic N) is 1. The van der Waals surface area contributed by atoms with Gasteiger partial charge >= 0.3 is 0 Å². The molecule has 1 fully saturated rings. The molecule has 1 aliphatic rings. The van der Waals surface area contributed by atoms with E-state index in [1.807, 2.05) is 11.8 Å². The lowest BCUT2D eigenvalue weighted by atomic mass is 9.95. The van der Waals surface area contributed by atoms with Crippen LogP contribution in [0, 0.1) is 11.8 Å². The number of thioether (sulfide) groups is 1. The van der Waals surface area contributed by atoms with Gasteiger partial charge in [0, 0.05) is 29.2 Å². The zero-order valence-corrected chi connectivity index (χ0v) is 14.2. The maximum atomic E-state index is 6.00. The second-order valence-corrected chi connectivity index (χ2v) is 7.43. The second kappa shape index (κ2) is 6.81. The lowest BCUT2D eigenvalue weighted by Gasteiger charge is -2.24. The molecule has 1 heterocycles. The van der Waals surface area contributed by atoms with Crippen LogP contribution in [0.15, 0.2) is 23.1 Å². The number of nitrogens with two attached hydrogens (primary N) is 1. The molecule has 0 amide bonds. The number of thiocarbonyl (C=S) groups is 1. The molecular formula is C16H24N2S2. The molecule has 110 valence electrons. The minimum atomic E-state index is 0.518. The Kier molecular flexibility index (Phi) is 5.33. The first-order valence-electron chi connectivity index (χ1n) is 7.35. The average Bonchev–Trinajstić information content (AvgIpc) is 2.88. The maximum Gasteiger partial charge on any atom is 0.107 e. The van der Waals surface area contributed by atoms with Crippen molar-refractivity contribution >= 4 is 34.7 Å². The Morgan fingerprint density at radius 3 is 2.80 bits per heavy atom. The van der Waals surface area contributed by atoms with Gasteiger partial charge in [0.15, 0.2) is 0 Å². The van der Waals surface area contributed by atoms with Crippen LogP contribution in [0.2, 0.25) is 0 Å². The second-order valence-electron chi connectivity index (χ2n) is 5.69. The highest BCUT2D eigenvalue weighted by atomic mass is 32.2. The minimum Gasteiger partial charge on any atom is -0.389 e. The van der Waals surface area contributed by atoms with Crippen LogP contribution in [-0.4, -0.2) is 23.8 Å². The average molecular weight is 309 g/mol. The smallest absolute Gasteiger partial charge is 0.107 e. The normalized spacial score (nSPS) is 18.8. The minimum absolute atomic E-state index is 0.518. The van der Waals surface area contributed by atoms with E-state index in [1.54, 1.807) is 0 Å². The first-order valence-corrected chi connectivity index (χ1v) is 8.74. The van der Waals surface area contributed by atoms with E-state index in [2.05, 4.69) is 43.9 Å². The van der Waals surface area contributed by atoms with Crippen LogP contribution in [0.5, 0.6) is 0 Å². The summed E-state index contributed by atoms with van der Waals surface area (Å²) in [5, 5.41) is 0. The molecule has 20 heavy (non-hydrogen) atoms. The molecule has 1 aromatic rings. The van der Waals surface area contributed by atoms with E-state index in [4.69, 9.17) is 18.0 Å². The lowest BCUT2D eigenvalue weighted by molar-refractivity contribution is 0.423. The summed E-state index contributed by atoms with van der Waals surface area (Å²) >= 11 is 7.12. The highest BCUT2D eigenvalue weighted by Crippen LogP contribution is 2.35. The third kappa shape index (κ3) is 3.29. The Labute approximate surface area is 132 Å². The summed E-state index contributed by atoms with van der Waals surface area (Å²) in [6, 6.07) is 6.41. The number of hydrogen-bond acceptors (Lipinski definition) is 3. The molecule has 1 aliphatic heterocycles. The van der Waals surface area contributed by atoms with E-state index in [1.165, 1.54) is 17.0 Å². The van der Waals surface area contributed by atoms with E-state index in [9.17, 15) is 0 Å². The van der Waals surface area contributed by atoms with Crippen LogP contribution in [0.4, 0.5) is 5.69 Å². The monoisotopic (exact) mass is 308 g/mol. The Bertz CT molecular complexity index is 485. The van der Waals surface area contributed by atoms with E-state index in [0.717, 1.165) is 36.2 Å². The highest BCUT2D eigenvalue weighted by Gasteiger charge is 2.27. The van der Waals surface area contributed by atoms with Gasteiger partial charge in [-0.2, -0.15) is 0 Å². The molecular weight excluding hydrogens is 284 g/mol. The Morgan fingerprint density at radius 1 is 1.50 bits per heavy atom. The largest absolute Gasteiger partial charge is 0.389 e. The van der Waals surface area contributed by atoms with Gasteiger partial charge < -0.3 is 10.6 Å². The molecule has 1 saturated heterocycles.